The summed E-state index contributed by atoms with van der Waals surface area (Å²) in [5.41, 5.74) is -1.35. The van der Waals surface area contributed by atoms with Crippen LogP contribution in [0.3, 0.4) is 0 Å². The van der Waals surface area contributed by atoms with Crippen molar-refractivity contribution in [2.24, 2.45) is 51.8 Å². The summed E-state index contributed by atoms with van der Waals surface area (Å²) in [6.45, 7) is 11.8. The summed E-state index contributed by atoms with van der Waals surface area (Å²) >= 11 is 0. The third-order valence-electron chi connectivity index (χ3n) is 8.93. The minimum absolute atomic E-state index is 0.126. The molecule has 3 saturated carbocycles. The molecule has 1 N–H and O–H groups in total. The predicted octanol–water partition coefficient (Wildman–Crippen LogP) is 4.58. The third kappa shape index (κ3) is 2.11. The molecule has 4 aliphatic carbocycles. The molecule has 156 valence electrons. The number of carboxylic acid groups (broad SMARTS) is 1. The molecule has 0 radical (unpaired) electrons. The van der Waals surface area contributed by atoms with E-state index in [0.717, 1.165) is 31.1 Å². The normalized spacial score (nSPS) is 46.2. The van der Waals surface area contributed by atoms with E-state index in [4.69, 9.17) is 4.74 Å². The average Bonchev–Trinajstić information content (AvgIpc) is 3.18. The Kier molecular flexibility index (Phi) is 4.61. The highest BCUT2D eigenvalue weighted by molar-refractivity contribution is 5.90. The number of rotatable bonds is 7. The number of aliphatic carboxylic acids is 1. The fourth-order valence-electron chi connectivity index (χ4n) is 8.11. The van der Waals surface area contributed by atoms with E-state index in [-0.39, 0.29) is 17.8 Å². The Morgan fingerprint density at radius 3 is 2.57 bits per heavy atom. The summed E-state index contributed by atoms with van der Waals surface area (Å²) in [6, 6.07) is 0. The van der Waals surface area contributed by atoms with Crippen molar-refractivity contribution in [3.05, 3.63) is 11.6 Å². The first kappa shape index (κ1) is 20.1. The van der Waals surface area contributed by atoms with Gasteiger partial charge in [-0.05, 0) is 54.8 Å². The van der Waals surface area contributed by atoms with Gasteiger partial charge in [-0.2, -0.15) is 0 Å². The molecule has 0 saturated heterocycles. The van der Waals surface area contributed by atoms with Crippen LogP contribution in [0.1, 0.15) is 60.3 Å². The Labute approximate surface area is 169 Å². The lowest BCUT2D eigenvalue weighted by Gasteiger charge is -2.58. The summed E-state index contributed by atoms with van der Waals surface area (Å²) in [5, 5.41) is 10.8. The van der Waals surface area contributed by atoms with E-state index in [1.165, 1.54) is 0 Å². The van der Waals surface area contributed by atoms with Gasteiger partial charge in [-0.1, -0.05) is 52.7 Å². The van der Waals surface area contributed by atoms with Crippen LogP contribution >= 0.6 is 0 Å². The first-order chi connectivity index (χ1) is 13.2. The molecule has 0 heterocycles. The SMILES string of the molecule is CC(C)COC[C@]12CC3C(C)CCC3[C@@]3(C=O)CC1C=C(C(C)C)C23C(=O)O. The molecule has 0 aromatic carbocycles. The number of allylic oxidation sites excluding steroid dienone is 1. The molecule has 0 amide bonds. The highest BCUT2D eigenvalue weighted by Gasteiger charge is 2.84. The van der Waals surface area contributed by atoms with E-state index in [0.29, 0.717) is 37.4 Å². The monoisotopic (exact) mass is 388 g/mol. The number of hydrogen-bond acceptors (Lipinski definition) is 3. The minimum Gasteiger partial charge on any atom is -0.481 e. The Balaban J connectivity index is 1.90. The topological polar surface area (TPSA) is 63.6 Å². The van der Waals surface area contributed by atoms with Crippen molar-refractivity contribution in [3.8, 4) is 0 Å². The fourth-order valence-corrected chi connectivity index (χ4v) is 8.11. The maximum absolute atomic E-state index is 13.2. The second-order valence-electron chi connectivity index (χ2n) is 10.9. The summed E-state index contributed by atoms with van der Waals surface area (Å²) in [4.78, 5) is 26.0. The van der Waals surface area contributed by atoms with Gasteiger partial charge >= 0.3 is 5.97 Å². The summed E-state index contributed by atoms with van der Waals surface area (Å²) < 4.78 is 6.20. The molecule has 0 aliphatic heterocycles. The van der Waals surface area contributed by atoms with Crippen molar-refractivity contribution < 1.29 is 19.4 Å². The molecule has 4 rings (SSSR count). The van der Waals surface area contributed by atoms with Crippen molar-refractivity contribution in [2.45, 2.75) is 60.3 Å². The third-order valence-corrected chi connectivity index (χ3v) is 8.93. The number of carbonyl (C=O) groups excluding carboxylic acids is 1. The van der Waals surface area contributed by atoms with E-state index >= 15 is 0 Å². The molecule has 4 bridgehead atoms. The van der Waals surface area contributed by atoms with Gasteiger partial charge in [0.05, 0.1) is 12.0 Å². The molecule has 3 fully saturated rings. The maximum atomic E-state index is 13.2. The Morgan fingerprint density at radius 2 is 2.00 bits per heavy atom. The van der Waals surface area contributed by atoms with Gasteiger partial charge in [0.2, 0.25) is 0 Å². The minimum atomic E-state index is -1.09. The molecular formula is C24H36O4. The maximum Gasteiger partial charge on any atom is 0.315 e. The van der Waals surface area contributed by atoms with Gasteiger partial charge in [-0.25, -0.2) is 0 Å². The molecule has 4 nitrogen and oxygen atoms in total. The van der Waals surface area contributed by atoms with Crippen LogP contribution in [0.15, 0.2) is 11.6 Å². The van der Waals surface area contributed by atoms with E-state index < -0.39 is 22.2 Å². The van der Waals surface area contributed by atoms with E-state index in [1.807, 2.05) is 0 Å². The highest BCUT2D eigenvalue weighted by Crippen LogP contribution is 2.82. The lowest BCUT2D eigenvalue weighted by Crippen LogP contribution is -2.63. The molecule has 4 aliphatic rings. The zero-order valence-corrected chi connectivity index (χ0v) is 18.0. The molecule has 7 atom stereocenters. The smallest absolute Gasteiger partial charge is 0.315 e. The van der Waals surface area contributed by atoms with Crippen LogP contribution in [0, 0.1) is 51.8 Å². The number of fused-ring (bicyclic) bond motifs is 2. The number of carboxylic acids is 1. The van der Waals surface area contributed by atoms with E-state index in [2.05, 4.69) is 40.7 Å². The van der Waals surface area contributed by atoms with Gasteiger partial charge in [0.25, 0.3) is 0 Å². The van der Waals surface area contributed by atoms with Gasteiger partial charge in [-0.3, -0.25) is 4.79 Å². The van der Waals surface area contributed by atoms with Crippen molar-refractivity contribution in [1.82, 2.24) is 0 Å². The van der Waals surface area contributed by atoms with Crippen LogP contribution in [-0.4, -0.2) is 30.6 Å². The zero-order chi connectivity index (χ0) is 20.5. The quantitative estimate of drug-likeness (QED) is 0.512. The molecule has 28 heavy (non-hydrogen) atoms. The largest absolute Gasteiger partial charge is 0.481 e. The number of carbonyl (C=O) groups is 2. The molecule has 0 aromatic heterocycles. The van der Waals surface area contributed by atoms with Crippen LogP contribution in [0.25, 0.3) is 0 Å². The average molecular weight is 389 g/mol. The first-order valence-electron chi connectivity index (χ1n) is 11.2. The molecular weight excluding hydrogens is 352 g/mol. The predicted molar refractivity (Wildman–Crippen MR) is 108 cm³/mol. The van der Waals surface area contributed by atoms with Gasteiger partial charge in [-0.15, -0.1) is 0 Å². The summed E-state index contributed by atoms with van der Waals surface area (Å²) in [7, 11) is 0. The van der Waals surface area contributed by atoms with Gasteiger partial charge in [0, 0.05) is 12.0 Å². The van der Waals surface area contributed by atoms with Crippen LogP contribution in [0.4, 0.5) is 0 Å². The number of aldehydes is 1. The number of hydrogen-bond donors (Lipinski definition) is 1. The standard InChI is InChI=1S/C24H36O4/c1-14(2)11-28-13-23-10-18-16(5)6-7-19(18)22(12-25)9-17(23)8-20(15(3)4)24(22,23)21(26)27/h8,12,14-19H,6-7,9-11,13H2,1-5H3,(H,26,27)/t16?,17?,18?,19?,22-,23+,24?/m0/s1. The van der Waals surface area contributed by atoms with Crippen molar-refractivity contribution >= 4 is 12.3 Å². The molecule has 0 aromatic rings. The summed E-state index contributed by atoms with van der Waals surface area (Å²) in [5.74, 6) is 1.07. The second kappa shape index (κ2) is 6.42. The van der Waals surface area contributed by atoms with Gasteiger partial charge < -0.3 is 14.6 Å². The second-order valence-corrected chi connectivity index (χ2v) is 10.9. The number of ether oxygens (including phenoxy) is 1. The van der Waals surface area contributed by atoms with E-state index in [9.17, 15) is 14.7 Å². The fraction of sp³-hybridized carbons (Fsp3) is 0.833. The van der Waals surface area contributed by atoms with Crippen molar-refractivity contribution in [3.63, 3.8) is 0 Å². The molecule has 0 spiro atoms. The lowest BCUT2D eigenvalue weighted by molar-refractivity contribution is -0.186. The molecule has 5 unspecified atom stereocenters. The van der Waals surface area contributed by atoms with E-state index in [1.54, 1.807) is 0 Å². The molecule has 4 heteroatoms. The Morgan fingerprint density at radius 1 is 1.29 bits per heavy atom. The van der Waals surface area contributed by atoms with Gasteiger partial charge in [0.1, 0.15) is 11.7 Å². The van der Waals surface area contributed by atoms with Gasteiger partial charge in [0.15, 0.2) is 0 Å². The van der Waals surface area contributed by atoms with Crippen LogP contribution < -0.4 is 0 Å². The Bertz CT molecular complexity index is 709. The zero-order valence-electron chi connectivity index (χ0n) is 18.0. The van der Waals surface area contributed by atoms with Crippen LogP contribution in [0.5, 0.6) is 0 Å². The van der Waals surface area contributed by atoms with Crippen molar-refractivity contribution in [1.29, 1.82) is 0 Å². The highest BCUT2D eigenvalue weighted by atomic mass is 16.5. The first-order valence-corrected chi connectivity index (χ1v) is 11.2. The van der Waals surface area contributed by atoms with Crippen molar-refractivity contribution in [2.75, 3.05) is 13.2 Å². The van der Waals surface area contributed by atoms with Crippen LogP contribution in [0.2, 0.25) is 0 Å². The lowest BCUT2D eigenvalue weighted by atomic mass is 9.43. The van der Waals surface area contributed by atoms with Crippen LogP contribution in [-0.2, 0) is 14.3 Å². The Hall–Kier alpha value is -1.16. The summed E-state index contributed by atoms with van der Waals surface area (Å²) in [6.07, 6.45) is 7.00.